The minimum absolute atomic E-state index is 0.807. The highest BCUT2D eigenvalue weighted by Crippen LogP contribution is 2.35. The zero-order chi connectivity index (χ0) is 18.7. The van der Waals surface area contributed by atoms with Crippen molar-refractivity contribution in [3.05, 3.63) is 81.3 Å². The Balaban J connectivity index is 1.85. The summed E-state index contributed by atoms with van der Waals surface area (Å²) in [7, 11) is 2.16. The molecule has 0 N–H and O–H groups in total. The average molecular weight is 476 g/mol. The van der Waals surface area contributed by atoms with Crippen LogP contribution in [0.3, 0.4) is 0 Å². The molecule has 0 radical (unpaired) electrons. The summed E-state index contributed by atoms with van der Waals surface area (Å²) in [5.41, 5.74) is 6.59. The number of likely N-dealkylation sites (N-methyl/N-ethyl adjacent to an activating group) is 1. The molecule has 0 unspecified atom stereocenters. The summed E-state index contributed by atoms with van der Waals surface area (Å²) in [5.74, 6) is 0. The maximum absolute atomic E-state index is 3.85. The largest absolute Gasteiger partial charge is 0.374 e. The van der Waals surface area contributed by atoms with E-state index in [4.69, 9.17) is 0 Å². The molecule has 136 valence electrons. The van der Waals surface area contributed by atoms with Crippen LogP contribution in [0, 0.1) is 0 Å². The molecule has 1 aliphatic heterocycles. The van der Waals surface area contributed by atoms with Crippen LogP contribution in [0.2, 0.25) is 0 Å². The van der Waals surface area contributed by atoms with Crippen molar-refractivity contribution in [2.45, 2.75) is 12.8 Å². The molecule has 0 amide bonds. The molecule has 4 heteroatoms. The molecule has 0 saturated heterocycles. The summed E-state index contributed by atoms with van der Waals surface area (Å²) in [5, 5.41) is 0. The number of hydrogen-bond donors (Lipinski definition) is 0. The van der Waals surface area contributed by atoms with E-state index in [2.05, 4.69) is 92.2 Å². The quantitative estimate of drug-likeness (QED) is 0.455. The second-order valence-corrected chi connectivity index (χ2v) is 8.39. The Labute approximate surface area is 173 Å². The molecule has 1 aliphatic rings. The second-order valence-electron chi connectivity index (χ2n) is 6.68. The van der Waals surface area contributed by atoms with Crippen molar-refractivity contribution in [3.63, 3.8) is 0 Å². The molecular formula is C22H24Br2N2. The van der Waals surface area contributed by atoms with Crippen molar-refractivity contribution in [1.29, 1.82) is 0 Å². The molecule has 0 atom stereocenters. The van der Waals surface area contributed by atoms with Crippen LogP contribution in [0.15, 0.2) is 64.6 Å². The molecule has 2 aromatic carbocycles. The monoisotopic (exact) mass is 474 g/mol. The molecule has 2 aromatic rings. The molecule has 0 fully saturated rings. The van der Waals surface area contributed by atoms with Crippen LogP contribution in [-0.2, 0) is 12.8 Å². The fourth-order valence-corrected chi connectivity index (χ4v) is 4.42. The van der Waals surface area contributed by atoms with Gasteiger partial charge in [-0.15, -0.1) is 13.2 Å². The van der Waals surface area contributed by atoms with E-state index in [1.54, 1.807) is 0 Å². The summed E-state index contributed by atoms with van der Waals surface area (Å²) in [6, 6.07) is 11.2. The highest BCUT2D eigenvalue weighted by Gasteiger charge is 2.18. The van der Waals surface area contributed by atoms with Crippen molar-refractivity contribution < 1.29 is 0 Å². The lowest BCUT2D eigenvalue weighted by Crippen LogP contribution is -2.23. The Bertz CT molecular complexity index is 819. The SMILES string of the molecule is C=CCN(CC=C)c1ccc(Cc2cc3c(cc2Br)N(C)CC3)c(Br)c1. The molecule has 0 aliphatic carbocycles. The zero-order valence-electron chi connectivity index (χ0n) is 15.1. The summed E-state index contributed by atoms with van der Waals surface area (Å²) in [4.78, 5) is 4.57. The van der Waals surface area contributed by atoms with E-state index in [1.165, 1.54) is 32.5 Å². The standard InChI is InChI=1S/C22H24Br2N2/c1-4-9-26(10-5-2)19-7-6-16(20(23)14-19)12-18-13-17-8-11-25(3)22(17)15-21(18)24/h4-7,13-15H,1-2,8-12H2,3H3. The van der Waals surface area contributed by atoms with Gasteiger partial charge in [0.25, 0.3) is 0 Å². The first-order chi connectivity index (χ1) is 12.5. The van der Waals surface area contributed by atoms with Gasteiger partial charge >= 0.3 is 0 Å². The summed E-state index contributed by atoms with van der Waals surface area (Å²) < 4.78 is 2.32. The Morgan fingerprint density at radius 2 is 1.73 bits per heavy atom. The Kier molecular flexibility index (Phi) is 6.25. The number of rotatable bonds is 7. The zero-order valence-corrected chi connectivity index (χ0v) is 18.3. The maximum Gasteiger partial charge on any atom is 0.0408 e. The van der Waals surface area contributed by atoms with E-state index in [9.17, 15) is 0 Å². The summed E-state index contributed by atoms with van der Waals surface area (Å²) >= 11 is 7.54. The van der Waals surface area contributed by atoms with Gasteiger partial charge in [-0.05, 0) is 47.7 Å². The molecule has 2 nitrogen and oxygen atoms in total. The molecular weight excluding hydrogens is 452 g/mol. The minimum atomic E-state index is 0.807. The Morgan fingerprint density at radius 1 is 1.04 bits per heavy atom. The maximum atomic E-state index is 3.85. The third kappa shape index (κ3) is 4.07. The van der Waals surface area contributed by atoms with Crippen molar-refractivity contribution in [2.75, 3.05) is 36.5 Å². The van der Waals surface area contributed by atoms with Crippen LogP contribution in [-0.4, -0.2) is 26.7 Å². The molecule has 0 bridgehead atoms. The first-order valence-electron chi connectivity index (χ1n) is 8.81. The average Bonchev–Trinajstić information content (AvgIpc) is 2.97. The molecule has 3 rings (SSSR count). The van der Waals surface area contributed by atoms with Gasteiger partial charge in [-0.1, -0.05) is 56.1 Å². The number of nitrogens with zero attached hydrogens (tertiary/aromatic N) is 2. The highest BCUT2D eigenvalue weighted by molar-refractivity contribution is 9.10. The van der Waals surface area contributed by atoms with Gasteiger partial charge < -0.3 is 9.80 Å². The van der Waals surface area contributed by atoms with E-state index in [-0.39, 0.29) is 0 Å². The lowest BCUT2D eigenvalue weighted by atomic mass is 10.0. The van der Waals surface area contributed by atoms with Gasteiger partial charge in [0, 0.05) is 47.0 Å². The summed E-state index contributed by atoms with van der Waals surface area (Å²) in [6.45, 7) is 10.4. The van der Waals surface area contributed by atoms with Crippen LogP contribution in [0.5, 0.6) is 0 Å². The minimum Gasteiger partial charge on any atom is -0.374 e. The highest BCUT2D eigenvalue weighted by atomic mass is 79.9. The van der Waals surface area contributed by atoms with Crippen LogP contribution < -0.4 is 9.80 Å². The van der Waals surface area contributed by atoms with Crippen molar-refractivity contribution >= 4 is 43.2 Å². The Morgan fingerprint density at radius 3 is 2.38 bits per heavy atom. The fourth-order valence-electron chi connectivity index (χ4n) is 3.44. The van der Waals surface area contributed by atoms with E-state index in [0.717, 1.165) is 36.9 Å². The van der Waals surface area contributed by atoms with Crippen LogP contribution in [0.1, 0.15) is 16.7 Å². The molecule has 0 aromatic heterocycles. The molecule has 26 heavy (non-hydrogen) atoms. The van der Waals surface area contributed by atoms with E-state index < -0.39 is 0 Å². The number of benzene rings is 2. The first-order valence-corrected chi connectivity index (χ1v) is 10.4. The number of anilines is 2. The van der Waals surface area contributed by atoms with Crippen LogP contribution >= 0.6 is 31.9 Å². The van der Waals surface area contributed by atoms with Gasteiger partial charge in [-0.25, -0.2) is 0 Å². The predicted molar refractivity (Wildman–Crippen MR) is 121 cm³/mol. The second kappa shape index (κ2) is 8.45. The van der Waals surface area contributed by atoms with Crippen molar-refractivity contribution in [1.82, 2.24) is 0 Å². The predicted octanol–water partition coefficient (Wildman–Crippen LogP) is 5.97. The Hall–Kier alpha value is -1.52. The fraction of sp³-hybridized carbons (Fsp3) is 0.273. The lowest BCUT2D eigenvalue weighted by Gasteiger charge is -2.22. The normalized spacial score (nSPS) is 12.8. The van der Waals surface area contributed by atoms with Gasteiger partial charge in [0.05, 0.1) is 0 Å². The van der Waals surface area contributed by atoms with Crippen molar-refractivity contribution in [3.8, 4) is 0 Å². The van der Waals surface area contributed by atoms with Gasteiger partial charge in [0.15, 0.2) is 0 Å². The lowest BCUT2D eigenvalue weighted by molar-refractivity contribution is 0.954. The third-order valence-electron chi connectivity index (χ3n) is 4.86. The molecule has 1 heterocycles. The molecule has 0 saturated carbocycles. The number of halogens is 2. The van der Waals surface area contributed by atoms with Crippen LogP contribution in [0.4, 0.5) is 11.4 Å². The summed E-state index contributed by atoms with van der Waals surface area (Å²) in [6.07, 6.45) is 5.87. The molecule has 0 spiro atoms. The van der Waals surface area contributed by atoms with Crippen LogP contribution in [0.25, 0.3) is 0 Å². The van der Waals surface area contributed by atoms with Gasteiger partial charge in [0.1, 0.15) is 0 Å². The number of hydrogen-bond acceptors (Lipinski definition) is 2. The van der Waals surface area contributed by atoms with E-state index in [0.29, 0.717) is 0 Å². The first kappa shape index (κ1) is 19.2. The van der Waals surface area contributed by atoms with Gasteiger partial charge in [-0.3, -0.25) is 0 Å². The number of fused-ring (bicyclic) bond motifs is 1. The third-order valence-corrected chi connectivity index (χ3v) is 6.33. The van der Waals surface area contributed by atoms with E-state index >= 15 is 0 Å². The van der Waals surface area contributed by atoms with Gasteiger partial charge in [0.2, 0.25) is 0 Å². The van der Waals surface area contributed by atoms with Gasteiger partial charge in [-0.2, -0.15) is 0 Å². The van der Waals surface area contributed by atoms with E-state index in [1.807, 2.05) is 12.2 Å². The topological polar surface area (TPSA) is 6.48 Å². The van der Waals surface area contributed by atoms with Crippen molar-refractivity contribution in [2.24, 2.45) is 0 Å². The smallest absolute Gasteiger partial charge is 0.0408 e.